The molecule has 6 rings (SSSR count). The molecule has 4 aromatic rings. The third-order valence-corrected chi connectivity index (χ3v) is 10.1. The van der Waals surface area contributed by atoms with Crippen molar-refractivity contribution in [3.05, 3.63) is 54.5 Å². The fraction of sp³-hybridized carbons (Fsp3) is 0.438. The van der Waals surface area contributed by atoms with E-state index < -0.39 is 10.0 Å². The summed E-state index contributed by atoms with van der Waals surface area (Å²) in [5.41, 5.74) is 4.59. The monoisotopic (exact) mass is 646 g/mol. The van der Waals surface area contributed by atoms with Crippen LogP contribution >= 0.6 is 0 Å². The van der Waals surface area contributed by atoms with E-state index in [0.29, 0.717) is 46.0 Å². The third-order valence-electron chi connectivity index (χ3n) is 8.97. The van der Waals surface area contributed by atoms with Crippen molar-refractivity contribution in [1.29, 1.82) is 0 Å². The number of methoxy groups -OCH3 is 1. The number of sulfonamides is 1. The highest BCUT2D eigenvalue weighted by Crippen LogP contribution is 2.37. The second-order valence-corrected chi connectivity index (χ2v) is 14.0. The van der Waals surface area contributed by atoms with Gasteiger partial charge in [0.2, 0.25) is 16.0 Å². The van der Waals surface area contributed by atoms with E-state index in [-0.39, 0.29) is 0 Å². The van der Waals surface area contributed by atoms with Crippen molar-refractivity contribution in [1.82, 2.24) is 29.7 Å². The molecule has 4 heterocycles. The fourth-order valence-corrected chi connectivity index (χ4v) is 6.66. The van der Waals surface area contributed by atoms with Crippen LogP contribution in [0.25, 0.3) is 11.0 Å². The molecule has 2 aliphatic rings. The lowest BCUT2D eigenvalue weighted by Gasteiger charge is -2.42. The van der Waals surface area contributed by atoms with E-state index in [2.05, 4.69) is 59.5 Å². The van der Waals surface area contributed by atoms with Crippen molar-refractivity contribution >= 4 is 55.6 Å². The average Bonchev–Trinajstić information content (AvgIpc) is 3.06. The van der Waals surface area contributed by atoms with E-state index in [1.165, 1.54) is 11.4 Å². The third kappa shape index (κ3) is 6.78. The Morgan fingerprint density at radius 2 is 1.65 bits per heavy atom. The fourth-order valence-electron chi connectivity index (χ4n) is 6.14. The van der Waals surface area contributed by atoms with Gasteiger partial charge in [0.15, 0.2) is 0 Å². The summed E-state index contributed by atoms with van der Waals surface area (Å²) in [5, 5.41) is 6.62. The minimum atomic E-state index is -3.59. The Morgan fingerprint density at radius 3 is 2.37 bits per heavy atom. The number of piperidine rings is 1. The van der Waals surface area contributed by atoms with Gasteiger partial charge in [-0.15, -0.1) is 0 Å². The molecule has 2 N–H and O–H groups in total. The molecule has 13 nitrogen and oxygen atoms in total. The highest BCUT2D eigenvalue weighted by atomic mass is 32.2. The van der Waals surface area contributed by atoms with Crippen LogP contribution in [0.5, 0.6) is 5.75 Å². The summed E-state index contributed by atoms with van der Waals surface area (Å²) < 4.78 is 32.1. The van der Waals surface area contributed by atoms with E-state index in [1.54, 1.807) is 37.8 Å². The maximum atomic E-state index is 12.6. The number of hydrogen-bond donors (Lipinski definition) is 2. The Balaban J connectivity index is 1.19. The molecule has 0 aliphatic carbocycles. The second kappa shape index (κ2) is 13.2. The van der Waals surface area contributed by atoms with E-state index in [9.17, 15) is 8.42 Å². The first-order valence-corrected chi connectivity index (χ1v) is 17.4. The summed E-state index contributed by atoms with van der Waals surface area (Å²) in [6.07, 6.45) is 8.29. The lowest BCUT2D eigenvalue weighted by atomic mass is 10.0. The lowest BCUT2D eigenvalue weighted by Crippen LogP contribution is -2.52. The smallest absolute Gasteiger partial charge is 0.232 e. The minimum Gasteiger partial charge on any atom is -0.494 e. The Hall–Kier alpha value is -4.27. The van der Waals surface area contributed by atoms with Gasteiger partial charge >= 0.3 is 0 Å². The van der Waals surface area contributed by atoms with Gasteiger partial charge in [-0.3, -0.25) is 19.2 Å². The van der Waals surface area contributed by atoms with Gasteiger partial charge in [-0.05, 0) is 51.1 Å². The molecular formula is C32H42N10O3S. The van der Waals surface area contributed by atoms with Gasteiger partial charge < -0.3 is 25.2 Å². The first kappa shape index (κ1) is 31.7. The molecule has 2 saturated heterocycles. The number of hydrogen-bond acceptors (Lipinski definition) is 12. The van der Waals surface area contributed by atoms with Gasteiger partial charge in [-0.2, -0.15) is 4.98 Å². The van der Waals surface area contributed by atoms with Crippen LogP contribution in [0, 0.1) is 6.92 Å². The van der Waals surface area contributed by atoms with Crippen LogP contribution in [0.1, 0.15) is 18.4 Å². The van der Waals surface area contributed by atoms with Gasteiger partial charge in [0.05, 0.1) is 30.3 Å². The predicted molar refractivity (Wildman–Crippen MR) is 183 cm³/mol. The molecule has 46 heavy (non-hydrogen) atoms. The Kier molecular flexibility index (Phi) is 9.11. The Bertz CT molecular complexity index is 1810. The highest BCUT2D eigenvalue weighted by molar-refractivity contribution is 7.92. The summed E-state index contributed by atoms with van der Waals surface area (Å²) in [6.45, 7) is 8.52. The summed E-state index contributed by atoms with van der Waals surface area (Å²) >= 11 is 0. The van der Waals surface area contributed by atoms with Gasteiger partial charge in [0, 0.05) is 88.3 Å². The van der Waals surface area contributed by atoms with Crippen molar-refractivity contribution in [2.24, 2.45) is 0 Å². The topological polar surface area (TPSA) is 132 Å². The molecule has 0 spiro atoms. The van der Waals surface area contributed by atoms with E-state index in [0.717, 1.165) is 75.3 Å². The van der Waals surface area contributed by atoms with Crippen LogP contribution < -0.4 is 24.6 Å². The molecule has 2 fully saturated rings. The van der Waals surface area contributed by atoms with E-state index in [4.69, 9.17) is 9.72 Å². The SMILES string of the molecule is COc1cc(N2CCC(N3CCN(C)CC3)CC2)ccc1Nc1ncc(C)c(Nc2ccc3nccnc3c2N(C)S(C)(=O)=O)n1. The molecule has 0 unspecified atom stereocenters. The van der Waals surface area contributed by atoms with Crippen molar-refractivity contribution in [2.45, 2.75) is 25.8 Å². The molecule has 0 radical (unpaired) electrons. The van der Waals surface area contributed by atoms with E-state index in [1.807, 2.05) is 13.0 Å². The molecule has 0 saturated carbocycles. The average molecular weight is 647 g/mol. The van der Waals surface area contributed by atoms with Crippen LogP contribution in [0.15, 0.2) is 48.9 Å². The number of nitrogens with zero attached hydrogens (tertiary/aromatic N) is 8. The second-order valence-electron chi connectivity index (χ2n) is 12.0. The number of anilines is 6. The number of nitrogens with one attached hydrogen (secondary N) is 2. The van der Waals surface area contributed by atoms with Crippen molar-refractivity contribution in [2.75, 3.05) is 86.6 Å². The standard InChI is InChI=1S/C32H42N10O3S/c1-22-21-35-32(38-31(22)36-27-9-8-26-29(34-13-12-33-26)30(27)40(3)46(5,43)44)37-25-7-6-24(20-28(25)45-4)41-14-10-23(11-15-41)42-18-16-39(2)17-19-42/h6-9,12-13,20-21,23H,10-11,14-19H2,1-5H3,(H2,35,36,37,38). The summed E-state index contributed by atoms with van der Waals surface area (Å²) in [5.74, 6) is 1.58. The number of aryl methyl sites for hydroxylation is 1. The summed E-state index contributed by atoms with van der Waals surface area (Å²) in [4.78, 5) is 25.5. The molecule has 2 aliphatic heterocycles. The van der Waals surface area contributed by atoms with Crippen LogP contribution in [0.3, 0.4) is 0 Å². The molecule has 0 bridgehead atoms. The Morgan fingerprint density at radius 1 is 0.935 bits per heavy atom. The zero-order valence-corrected chi connectivity index (χ0v) is 27.9. The Labute approximate surface area is 270 Å². The van der Waals surface area contributed by atoms with Crippen molar-refractivity contribution in [3.8, 4) is 5.75 Å². The van der Waals surface area contributed by atoms with Gasteiger partial charge in [0.1, 0.15) is 22.8 Å². The molecular weight excluding hydrogens is 604 g/mol. The number of likely N-dealkylation sites (N-methyl/N-ethyl adjacent to an activating group) is 1. The normalized spacial score (nSPS) is 16.8. The van der Waals surface area contributed by atoms with Crippen LogP contribution in [0.4, 0.5) is 34.5 Å². The number of ether oxygens (including phenoxy) is 1. The predicted octanol–water partition coefficient (Wildman–Crippen LogP) is 3.84. The minimum absolute atomic E-state index is 0.366. The zero-order valence-electron chi connectivity index (χ0n) is 27.1. The van der Waals surface area contributed by atoms with Gasteiger partial charge in [-0.25, -0.2) is 13.4 Å². The molecule has 0 amide bonds. The van der Waals surface area contributed by atoms with Crippen LogP contribution in [0.2, 0.25) is 0 Å². The number of aromatic nitrogens is 4. The number of benzene rings is 2. The largest absolute Gasteiger partial charge is 0.494 e. The molecule has 2 aromatic carbocycles. The molecule has 2 aromatic heterocycles. The maximum absolute atomic E-state index is 12.6. The summed E-state index contributed by atoms with van der Waals surface area (Å²) in [6, 6.07) is 10.4. The molecule has 244 valence electrons. The number of rotatable bonds is 9. The maximum Gasteiger partial charge on any atom is 0.232 e. The lowest BCUT2D eigenvalue weighted by molar-refractivity contribution is 0.0982. The first-order chi connectivity index (χ1) is 22.1. The quantitative estimate of drug-likeness (QED) is 0.274. The summed E-state index contributed by atoms with van der Waals surface area (Å²) in [7, 11) is 1.77. The van der Waals surface area contributed by atoms with Crippen molar-refractivity contribution < 1.29 is 13.2 Å². The van der Waals surface area contributed by atoms with Crippen LogP contribution in [-0.4, -0.2) is 111 Å². The first-order valence-electron chi connectivity index (χ1n) is 15.5. The number of fused-ring (bicyclic) bond motifs is 1. The van der Waals surface area contributed by atoms with Crippen molar-refractivity contribution in [3.63, 3.8) is 0 Å². The van der Waals surface area contributed by atoms with Gasteiger partial charge in [-0.1, -0.05) is 0 Å². The van der Waals surface area contributed by atoms with Crippen LogP contribution in [-0.2, 0) is 10.0 Å². The molecule has 14 heteroatoms. The zero-order chi connectivity index (χ0) is 32.4. The van der Waals surface area contributed by atoms with E-state index >= 15 is 0 Å². The number of piperazine rings is 1. The molecule has 0 atom stereocenters. The highest BCUT2D eigenvalue weighted by Gasteiger charge is 2.27. The van der Waals surface area contributed by atoms with Gasteiger partial charge in [0.25, 0.3) is 0 Å².